The van der Waals surface area contributed by atoms with Gasteiger partial charge in [-0.05, 0) is 19.4 Å². The summed E-state index contributed by atoms with van der Waals surface area (Å²) < 4.78 is 0. The van der Waals surface area contributed by atoms with Gasteiger partial charge in [-0.25, -0.2) is 9.97 Å². The molecule has 0 saturated carbocycles. The number of rotatable bonds is 7. The highest BCUT2D eigenvalue weighted by atomic mass is 16.2. The minimum atomic E-state index is -0.0293. The molecule has 0 unspecified atom stereocenters. The number of carbonyl (C=O) groups is 1. The Hall–Kier alpha value is -2.73. The molecule has 0 N–H and O–H groups in total. The van der Waals surface area contributed by atoms with E-state index in [-0.39, 0.29) is 5.91 Å². The normalized spacial score (nSPS) is 15.1. The Bertz CT molecular complexity index is 781. The molecule has 1 aromatic heterocycles. The molecule has 148 valence electrons. The second-order valence-corrected chi connectivity index (χ2v) is 6.84. The van der Waals surface area contributed by atoms with Crippen LogP contribution in [0.25, 0.3) is 6.08 Å². The van der Waals surface area contributed by atoms with Crippen molar-refractivity contribution in [3.8, 4) is 0 Å². The van der Waals surface area contributed by atoms with Crippen LogP contribution in [0.4, 0.5) is 5.82 Å². The predicted molar refractivity (Wildman–Crippen MR) is 113 cm³/mol. The molecule has 0 atom stereocenters. The van der Waals surface area contributed by atoms with E-state index in [2.05, 4.69) is 56.2 Å². The van der Waals surface area contributed by atoms with Crippen molar-refractivity contribution in [1.29, 1.82) is 0 Å². The van der Waals surface area contributed by atoms with Crippen molar-refractivity contribution >= 4 is 17.8 Å². The van der Waals surface area contributed by atoms with E-state index in [0.29, 0.717) is 18.8 Å². The first-order chi connectivity index (χ1) is 13.7. The molecular formula is C22H29N5O. The summed E-state index contributed by atoms with van der Waals surface area (Å²) in [4.78, 5) is 27.6. The summed E-state index contributed by atoms with van der Waals surface area (Å²) in [5.74, 6) is 0.809. The van der Waals surface area contributed by atoms with E-state index in [1.165, 1.54) is 11.9 Å². The Morgan fingerprint density at radius 1 is 1.07 bits per heavy atom. The van der Waals surface area contributed by atoms with E-state index >= 15 is 0 Å². The van der Waals surface area contributed by atoms with Crippen LogP contribution in [0.3, 0.4) is 0 Å². The van der Waals surface area contributed by atoms with E-state index in [1.807, 2.05) is 26.0 Å². The highest BCUT2D eigenvalue weighted by molar-refractivity contribution is 5.92. The maximum atomic E-state index is 12.5. The molecule has 1 aliphatic heterocycles. The predicted octanol–water partition coefficient (Wildman–Crippen LogP) is 2.79. The molecular weight excluding hydrogens is 350 g/mol. The van der Waals surface area contributed by atoms with Gasteiger partial charge in [0.05, 0.1) is 0 Å². The second kappa shape index (κ2) is 9.99. The molecule has 0 aliphatic carbocycles. The number of hydrogen-bond acceptors (Lipinski definition) is 5. The quantitative estimate of drug-likeness (QED) is 0.740. The molecule has 0 bridgehead atoms. The minimum absolute atomic E-state index is 0.0293. The molecule has 2 aromatic rings. The number of benzene rings is 1. The smallest absolute Gasteiger partial charge is 0.272 e. The van der Waals surface area contributed by atoms with Crippen molar-refractivity contribution in [2.75, 3.05) is 50.7 Å². The number of anilines is 1. The van der Waals surface area contributed by atoms with Crippen LogP contribution in [0.5, 0.6) is 0 Å². The zero-order valence-corrected chi connectivity index (χ0v) is 16.8. The molecule has 6 nitrogen and oxygen atoms in total. The van der Waals surface area contributed by atoms with Gasteiger partial charge in [0.25, 0.3) is 5.91 Å². The molecule has 6 heteroatoms. The van der Waals surface area contributed by atoms with E-state index in [0.717, 1.165) is 38.5 Å². The minimum Gasteiger partial charge on any atom is -0.354 e. The van der Waals surface area contributed by atoms with Crippen LogP contribution in [-0.4, -0.2) is 71.5 Å². The van der Waals surface area contributed by atoms with Crippen LogP contribution >= 0.6 is 0 Å². The third-order valence-electron chi connectivity index (χ3n) is 5.09. The Labute approximate surface area is 167 Å². The fourth-order valence-corrected chi connectivity index (χ4v) is 3.37. The Balaban J connectivity index is 1.54. The summed E-state index contributed by atoms with van der Waals surface area (Å²) in [6.45, 7) is 10.0. The summed E-state index contributed by atoms with van der Waals surface area (Å²) in [6.07, 6.45) is 5.89. The Morgan fingerprint density at radius 2 is 1.79 bits per heavy atom. The van der Waals surface area contributed by atoms with Crippen molar-refractivity contribution in [2.24, 2.45) is 0 Å². The standard InChI is InChI=1S/C22H29N5O/c1-3-26(4-2)22(28)20-17-21(24-18-23-20)27-15-13-25(14-16-27)12-8-11-19-9-6-5-7-10-19/h5-11,17-18H,3-4,12-16H2,1-2H3/b11-8+. The zero-order valence-electron chi connectivity index (χ0n) is 16.8. The highest BCUT2D eigenvalue weighted by Gasteiger charge is 2.20. The first-order valence-corrected chi connectivity index (χ1v) is 10.0. The van der Waals surface area contributed by atoms with Crippen molar-refractivity contribution in [3.05, 3.63) is 60.1 Å². The van der Waals surface area contributed by atoms with Gasteiger partial charge in [0.1, 0.15) is 17.8 Å². The SMILES string of the molecule is CCN(CC)C(=O)c1cc(N2CCN(C/C=C/c3ccccc3)CC2)ncn1. The maximum absolute atomic E-state index is 12.5. The molecule has 1 aromatic carbocycles. The molecule has 1 aliphatic rings. The summed E-state index contributed by atoms with van der Waals surface area (Å²) >= 11 is 0. The molecule has 1 fully saturated rings. The van der Waals surface area contributed by atoms with Gasteiger partial charge in [-0.3, -0.25) is 9.69 Å². The fourth-order valence-electron chi connectivity index (χ4n) is 3.37. The average Bonchev–Trinajstić information content (AvgIpc) is 2.76. The Morgan fingerprint density at radius 3 is 2.46 bits per heavy atom. The van der Waals surface area contributed by atoms with Gasteiger partial charge in [-0.2, -0.15) is 0 Å². The van der Waals surface area contributed by atoms with Gasteiger partial charge in [-0.1, -0.05) is 42.5 Å². The third-order valence-corrected chi connectivity index (χ3v) is 5.09. The average molecular weight is 380 g/mol. The van der Waals surface area contributed by atoms with Gasteiger partial charge in [-0.15, -0.1) is 0 Å². The van der Waals surface area contributed by atoms with Gasteiger partial charge >= 0.3 is 0 Å². The lowest BCUT2D eigenvalue weighted by molar-refractivity contribution is 0.0767. The van der Waals surface area contributed by atoms with Gasteiger partial charge < -0.3 is 9.80 Å². The second-order valence-electron chi connectivity index (χ2n) is 6.84. The molecule has 28 heavy (non-hydrogen) atoms. The van der Waals surface area contributed by atoms with Gasteiger partial charge in [0.2, 0.25) is 0 Å². The molecule has 2 heterocycles. The molecule has 1 saturated heterocycles. The first kappa shape index (κ1) is 20.0. The van der Waals surface area contributed by atoms with E-state index < -0.39 is 0 Å². The number of hydrogen-bond donors (Lipinski definition) is 0. The summed E-state index contributed by atoms with van der Waals surface area (Å²) in [5.41, 5.74) is 1.70. The van der Waals surface area contributed by atoms with Crippen molar-refractivity contribution in [2.45, 2.75) is 13.8 Å². The van der Waals surface area contributed by atoms with Crippen LogP contribution < -0.4 is 4.90 Å². The van der Waals surface area contributed by atoms with Gasteiger partial charge in [0.15, 0.2) is 0 Å². The summed E-state index contributed by atoms with van der Waals surface area (Å²) in [5, 5.41) is 0. The van der Waals surface area contributed by atoms with E-state index in [9.17, 15) is 4.79 Å². The molecule has 3 rings (SSSR count). The van der Waals surface area contributed by atoms with E-state index in [4.69, 9.17) is 0 Å². The molecule has 0 spiro atoms. The summed E-state index contributed by atoms with van der Waals surface area (Å²) in [7, 11) is 0. The monoisotopic (exact) mass is 379 g/mol. The first-order valence-electron chi connectivity index (χ1n) is 10.0. The largest absolute Gasteiger partial charge is 0.354 e. The van der Waals surface area contributed by atoms with Crippen LogP contribution in [0.2, 0.25) is 0 Å². The lowest BCUT2D eigenvalue weighted by atomic mass is 10.2. The fraction of sp³-hybridized carbons (Fsp3) is 0.409. The lowest BCUT2D eigenvalue weighted by Crippen LogP contribution is -2.46. The number of piperazine rings is 1. The molecule has 0 radical (unpaired) electrons. The maximum Gasteiger partial charge on any atom is 0.272 e. The Kier molecular flexibility index (Phi) is 7.14. The van der Waals surface area contributed by atoms with Crippen molar-refractivity contribution < 1.29 is 4.79 Å². The zero-order chi connectivity index (χ0) is 19.8. The number of carbonyl (C=O) groups excluding carboxylic acids is 1. The lowest BCUT2D eigenvalue weighted by Gasteiger charge is -2.34. The summed E-state index contributed by atoms with van der Waals surface area (Å²) in [6, 6.07) is 12.2. The number of amides is 1. The highest BCUT2D eigenvalue weighted by Crippen LogP contribution is 2.15. The van der Waals surface area contributed by atoms with Crippen LogP contribution in [-0.2, 0) is 0 Å². The van der Waals surface area contributed by atoms with Crippen LogP contribution in [0.15, 0.2) is 48.8 Å². The van der Waals surface area contributed by atoms with Crippen molar-refractivity contribution in [3.63, 3.8) is 0 Å². The topological polar surface area (TPSA) is 52.6 Å². The van der Waals surface area contributed by atoms with E-state index in [1.54, 1.807) is 4.90 Å². The molecule has 1 amide bonds. The van der Waals surface area contributed by atoms with Crippen LogP contribution in [0.1, 0.15) is 29.9 Å². The van der Waals surface area contributed by atoms with Crippen molar-refractivity contribution in [1.82, 2.24) is 19.8 Å². The number of aromatic nitrogens is 2. The van der Waals surface area contributed by atoms with Crippen LogP contribution in [0, 0.1) is 0 Å². The third kappa shape index (κ3) is 5.16. The van der Waals surface area contributed by atoms with Gasteiger partial charge in [0, 0.05) is 51.9 Å². The number of nitrogens with zero attached hydrogens (tertiary/aromatic N) is 5.